The van der Waals surface area contributed by atoms with Gasteiger partial charge in [-0.25, -0.2) is 0 Å². The monoisotopic (exact) mass is 149 g/mol. The molecule has 1 aliphatic rings. The fourth-order valence-corrected chi connectivity index (χ4v) is 1.10. The Morgan fingerprint density at radius 1 is 1.27 bits per heavy atom. The topological polar surface area (TPSA) is 18.5 Å². The molecule has 57 valence electrons. The normalized spacial score (nSPS) is 13.5. The molecule has 0 N–H and O–H groups in total. The summed E-state index contributed by atoms with van der Waals surface area (Å²) in [7, 11) is 0. The Morgan fingerprint density at radius 3 is 2.91 bits per heavy atom. The molecule has 0 saturated carbocycles. The number of ether oxygens (including phenoxy) is 2. The van der Waals surface area contributed by atoms with Gasteiger partial charge in [0.2, 0.25) is 6.79 Å². The Labute approximate surface area is 65.7 Å². The Hall–Kier alpha value is -1.18. The maximum absolute atomic E-state index is 5.19. The predicted molar refractivity (Wildman–Crippen MR) is 41.6 cm³/mol. The van der Waals surface area contributed by atoms with E-state index >= 15 is 0 Å². The number of benzene rings is 1. The van der Waals surface area contributed by atoms with Gasteiger partial charge in [-0.15, -0.1) is 0 Å². The summed E-state index contributed by atoms with van der Waals surface area (Å²) in [5, 5.41) is 0. The van der Waals surface area contributed by atoms with E-state index in [1.165, 1.54) is 5.56 Å². The van der Waals surface area contributed by atoms with Gasteiger partial charge >= 0.3 is 0 Å². The molecule has 0 bridgehead atoms. The minimum Gasteiger partial charge on any atom is -0.454 e. The zero-order chi connectivity index (χ0) is 7.68. The van der Waals surface area contributed by atoms with Crippen LogP contribution in [0.2, 0.25) is 0 Å². The second-order valence-electron chi connectivity index (χ2n) is 2.44. The number of hydrogen-bond acceptors (Lipinski definition) is 2. The Balaban J connectivity index is 2.41. The van der Waals surface area contributed by atoms with Gasteiger partial charge in [-0.2, -0.15) is 0 Å². The molecule has 0 spiro atoms. The lowest BCUT2D eigenvalue weighted by atomic mass is 10.1. The molecule has 2 heteroatoms. The van der Waals surface area contributed by atoms with Gasteiger partial charge in [-0.1, -0.05) is 6.07 Å². The highest BCUT2D eigenvalue weighted by molar-refractivity contribution is 5.44. The molecule has 1 radical (unpaired) electrons. The van der Waals surface area contributed by atoms with Crippen LogP contribution >= 0.6 is 0 Å². The summed E-state index contributed by atoms with van der Waals surface area (Å²) in [6, 6.07) is 5.89. The molecule has 1 heterocycles. The summed E-state index contributed by atoms with van der Waals surface area (Å²) in [6.07, 6.45) is 0.788. The number of fused-ring (bicyclic) bond motifs is 1. The molecule has 0 saturated heterocycles. The SMILES string of the molecule is [CH2]Cc1ccc2c(c1)OCO2. The molecule has 1 aliphatic heterocycles. The Morgan fingerprint density at radius 2 is 2.09 bits per heavy atom. The van der Waals surface area contributed by atoms with Crippen LogP contribution < -0.4 is 9.47 Å². The largest absolute Gasteiger partial charge is 0.454 e. The lowest BCUT2D eigenvalue weighted by Crippen LogP contribution is -1.92. The summed E-state index contributed by atoms with van der Waals surface area (Å²) in [5.74, 6) is 1.67. The zero-order valence-electron chi connectivity index (χ0n) is 6.17. The van der Waals surface area contributed by atoms with Gasteiger partial charge in [0.05, 0.1) is 0 Å². The van der Waals surface area contributed by atoms with Crippen LogP contribution in [0.25, 0.3) is 0 Å². The fourth-order valence-electron chi connectivity index (χ4n) is 1.10. The summed E-state index contributed by atoms with van der Waals surface area (Å²) in [6.45, 7) is 4.13. The van der Waals surface area contributed by atoms with Crippen molar-refractivity contribution in [3.63, 3.8) is 0 Å². The molecule has 0 aliphatic carbocycles. The Kier molecular flexibility index (Phi) is 1.46. The third kappa shape index (κ3) is 1.04. The van der Waals surface area contributed by atoms with Crippen LogP contribution in [-0.2, 0) is 6.42 Å². The number of rotatable bonds is 1. The lowest BCUT2D eigenvalue weighted by Gasteiger charge is -1.97. The maximum atomic E-state index is 5.19. The summed E-state index contributed by atoms with van der Waals surface area (Å²) < 4.78 is 10.3. The van der Waals surface area contributed by atoms with E-state index in [1.54, 1.807) is 0 Å². The highest BCUT2D eigenvalue weighted by Gasteiger charge is 2.11. The van der Waals surface area contributed by atoms with Crippen LogP contribution in [0.3, 0.4) is 0 Å². The van der Waals surface area contributed by atoms with Gasteiger partial charge in [-0.05, 0) is 31.0 Å². The molecule has 1 aromatic carbocycles. The molecule has 0 aromatic heterocycles. The van der Waals surface area contributed by atoms with Gasteiger partial charge < -0.3 is 9.47 Å². The second kappa shape index (κ2) is 2.46. The first-order chi connectivity index (χ1) is 5.40. The lowest BCUT2D eigenvalue weighted by molar-refractivity contribution is 0.174. The van der Waals surface area contributed by atoms with Crippen LogP contribution in [0.4, 0.5) is 0 Å². The molecule has 11 heavy (non-hydrogen) atoms. The minimum absolute atomic E-state index is 0.343. The molecular weight excluding hydrogens is 140 g/mol. The molecule has 0 fully saturated rings. The second-order valence-corrected chi connectivity index (χ2v) is 2.44. The molecule has 0 atom stereocenters. The first-order valence-corrected chi connectivity index (χ1v) is 3.58. The van der Waals surface area contributed by atoms with Crippen molar-refractivity contribution in [2.45, 2.75) is 6.42 Å². The third-order valence-electron chi connectivity index (χ3n) is 1.73. The average Bonchev–Trinajstić information content (AvgIpc) is 2.50. The van der Waals surface area contributed by atoms with Crippen molar-refractivity contribution in [1.29, 1.82) is 0 Å². The number of hydrogen-bond donors (Lipinski definition) is 0. The molecule has 1 aromatic rings. The van der Waals surface area contributed by atoms with Gasteiger partial charge in [0.15, 0.2) is 11.5 Å². The van der Waals surface area contributed by atoms with Crippen LogP contribution in [0, 0.1) is 6.92 Å². The highest BCUT2D eigenvalue weighted by Crippen LogP contribution is 2.32. The third-order valence-corrected chi connectivity index (χ3v) is 1.73. The van der Waals surface area contributed by atoms with E-state index in [9.17, 15) is 0 Å². The summed E-state index contributed by atoms with van der Waals surface area (Å²) in [5.41, 5.74) is 1.18. The van der Waals surface area contributed by atoms with E-state index in [0.717, 1.165) is 17.9 Å². The first-order valence-electron chi connectivity index (χ1n) is 3.58. The summed E-state index contributed by atoms with van der Waals surface area (Å²) in [4.78, 5) is 0. The quantitative estimate of drug-likeness (QED) is 0.606. The standard InChI is InChI=1S/C9H9O2/c1-2-7-3-4-8-9(5-7)11-6-10-8/h3-5H,1-2,6H2. The minimum atomic E-state index is 0.343. The van der Waals surface area contributed by atoms with E-state index in [4.69, 9.17) is 9.47 Å². The average molecular weight is 149 g/mol. The van der Waals surface area contributed by atoms with E-state index < -0.39 is 0 Å². The Bertz CT molecular complexity index is 268. The van der Waals surface area contributed by atoms with Crippen molar-refractivity contribution >= 4 is 0 Å². The van der Waals surface area contributed by atoms with Crippen LogP contribution in [0.1, 0.15) is 5.56 Å². The van der Waals surface area contributed by atoms with E-state index in [1.807, 2.05) is 18.2 Å². The van der Waals surface area contributed by atoms with Crippen molar-refractivity contribution in [3.05, 3.63) is 30.7 Å². The molecule has 0 unspecified atom stereocenters. The van der Waals surface area contributed by atoms with Crippen LogP contribution in [0.5, 0.6) is 11.5 Å². The first kappa shape index (κ1) is 6.53. The predicted octanol–water partition coefficient (Wildman–Crippen LogP) is 1.79. The molecule has 2 nitrogen and oxygen atoms in total. The van der Waals surface area contributed by atoms with Crippen molar-refractivity contribution in [2.75, 3.05) is 6.79 Å². The molecule has 2 rings (SSSR count). The van der Waals surface area contributed by atoms with E-state index in [-0.39, 0.29) is 0 Å². The van der Waals surface area contributed by atoms with Crippen molar-refractivity contribution in [3.8, 4) is 11.5 Å². The van der Waals surface area contributed by atoms with Crippen molar-refractivity contribution in [1.82, 2.24) is 0 Å². The smallest absolute Gasteiger partial charge is 0.231 e. The zero-order valence-corrected chi connectivity index (χ0v) is 6.17. The highest BCUT2D eigenvalue weighted by atomic mass is 16.7. The van der Waals surface area contributed by atoms with Gasteiger partial charge in [0.25, 0.3) is 0 Å². The maximum Gasteiger partial charge on any atom is 0.231 e. The van der Waals surface area contributed by atoms with Gasteiger partial charge in [0, 0.05) is 0 Å². The van der Waals surface area contributed by atoms with Crippen LogP contribution in [-0.4, -0.2) is 6.79 Å². The molecular formula is C9H9O2. The fraction of sp³-hybridized carbons (Fsp3) is 0.222. The van der Waals surface area contributed by atoms with Crippen molar-refractivity contribution < 1.29 is 9.47 Å². The van der Waals surface area contributed by atoms with Crippen LogP contribution in [0.15, 0.2) is 18.2 Å². The van der Waals surface area contributed by atoms with E-state index in [0.29, 0.717) is 6.79 Å². The van der Waals surface area contributed by atoms with E-state index in [2.05, 4.69) is 6.92 Å². The van der Waals surface area contributed by atoms with Gasteiger partial charge in [-0.3, -0.25) is 0 Å². The summed E-state index contributed by atoms with van der Waals surface area (Å²) >= 11 is 0. The van der Waals surface area contributed by atoms with Crippen molar-refractivity contribution in [2.24, 2.45) is 0 Å². The molecule has 0 amide bonds. The van der Waals surface area contributed by atoms with Gasteiger partial charge in [0.1, 0.15) is 0 Å².